The molecule has 0 aliphatic rings. The minimum atomic E-state index is -2.33. The van der Waals surface area contributed by atoms with Gasteiger partial charge in [0, 0.05) is 0 Å². The van der Waals surface area contributed by atoms with Crippen LogP contribution in [0.1, 0.15) is 0 Å². The van der Waals surface area contributed by atoms with Gasteiger partial charge in [0.1, 0.15) is 23.2 Å². The molecule has 0 unspecified atom stereocenters. The Morgan fingerprint density at radius 3 is 0.742 bits per heavy atom. The molecule has 12 aromatic carbocycles. The largest absolute Gasteiger partial charge is 0.356 e. The molecule has 0 aliphatic carbocycles. The van der Waals surface area contributed by atoms with Crippen LogP contribution in [0.2, 0.25) is 0 Å². The third-order valence-corrected chi connectivity index (χ3v) is 17.2. The van der Waals surface area contributed by atoms with Gasteiger partial charge < -0.3 is 15.3 Å². The van der Waals surface area contributed by atoms with Crippen LogP contribution in [0.25, 0.3) is 98.0 Å². The van der Waals surface area contributed by atoms with Crippen molar-refractivity contribution in [2.75, 3.05) is 6.66 Å². The van der Waals surface area contributed by atoms with Crippen LogP contribution in [-0.2, 0) is 0 Å². The number of rotatable bonds is 6. The number of nitrogens with zero attached hydrogens (tertiary/aromatic N) is 1. The molecule has 0 spiro atoms. The molecule has 5 heteroatoms. The van der Waals surface area contributed by atoms with Crippen molar-refractivity contribution < 1.29 is 5.09 Å². The Morgan fingerprint density at radius 1 is 0.303 bits per heavy atom. The highest BCUT2D eigenvalue weighted by atomic mass is 31.2. The van der Waals surface area contributed by atoms with E-state index in [1.807, 2.05) is 0 Å². The Hall–Kier alpha value is -8.17. The third kappa shape index (κ3) is 7.09. The average Bonchev–Trinajstić information content (AvgIpc) is 3.36. The summed E-state index contributed by atoms with van der Waals surface area (Å²) in [4.78, 5) is 8.25. The van der Waals surface area contributed by atoms with Gasteiger partial charge in [-0.25, -0.2) is 0 Å². The fourth-order valence-corrected chi connectivity index (χ4v) is 13.5. The lowest BCUT2D eigenvalue weighted by molar-refractivity contribution is -0.402. The molecule has 0 radical (unpaired) electrons. The normalized spacial score (nSPS) is 11.6. The molecule has 0 amide bonds. The summed E-state index contributed by atoms with van der Waals surface area (Å²) in [5.41, 5.74) is 7.61. The van der Waals surface area contributed by atoms with Crippen LogP contribution in [0.5, 0.6) is 0 Å². The van der Waals surface area contributed by atoms with Crippen molar-refractivity contribution in [2.45, 2.75) is 0 Å². The highest BCUT2D eigenvalue weighted by Crippen LogP contribution is 2.54. The molecule has 0 saturated carbocycles. The van der Waals surface area contributed by atoms with Gasteiger partial charge in [-0.2, -0.15) is 0 Å². The molecule has 12 aromatic rings. The molecule has 0 saturated heterocycles. The highest BCUT2D eigenvalue weighted by Gasteiger charge is 2.41. The third-order valence-electron chi connectivity index (χ3n) is 13.3. The van der Waals surface area contributed by atoms with Gasteiger partial charge in [0.15, 0.2) is 0 Å². The van der Waals surface area contributed by atoms with Crippen LogP contribution in [0.15, 0.2) is 237 Å². The number of hydrogen-bond donors (Lipinski definition) is 0. The van der Waals surface area contributed by atoms with Crippen LogP contribution < -0.4 is 15.9 Å². The molecule has 314 valence electrons. The van der Waals surface area contributed by atoms with Crippen molar-refractivity contribution in [3.05, 3.63) is 252 Å². The Morgan fingerprint density at radius 2 is 0.515 bits per heavy atom. The van der Waals surface area contributed by atoms with E-state index in [1.165, 1.54) is 114 Å². The first-order chi connectivity index (χ1) is 32.3. The second-order valence-electron chi connectivity index (χ2n) is 17.0. The average molecular weight is 868 g/mol. The van der Waals surface area contributed by atoms with Gasteiger partial charge >= 0.3 is 0 Å². The van der Waals surface area contributed by atoms with Crippen LogP contribution in [0.4, 0.5) is 0 Å². The summed E-state index contributed by atoms with van der Waals surface area (Å²) in [6.45, 7) is 2.55. The molecule has 0 N–H and O–H groups in total. The van der Waals surface area contributed by atoms with Gasteiger partial charge in [0.05, 0.1) is 11.8 Å². The van der Waals surface area contributed by atoms with E-state index in [0.717, 1.165) is 0 Å². The van der Waals surface area contributed by atoms with E-state index in [-0.39, 0.29) is 0 Å². The van der Waals surface area contributed by atoms with E-state index in [9.17, 15) is 0 Å². The smallest absolute Gasteiger partial charge is 0.109 e. The van der Waals surface area contributed by atoms with E-state index in [0.29, 0.717) is 0 Å². The predicted octanol–water partition coefficient (Wildman–Crippen LogP) is 15.3. The maximum atomic E-state index is 8.25. The number of hydrogen-bond acceptors (Lipinski definition) is 3. The Balaban J connectivity index is 0.00000116. The lowest BCUT2D eigenvalue weighted by Gasteiger charge is -2.25. The monoisotopic (exact) mass is 867 g/mol. The standard InChI is InChI=1S/C61H42P.NO3/c1-62(50-26-14-23-47(38-50)59-53-29-8-2-17-41(53)35-42-18-3-9-30-54(42)59,51-27-15-24-48(39-51)60-55-31-10-4-19-43(55)36-44-20-5-11-32-56(44)60)52-28-16-25-49(40-52)61-57-33-12-6-21-45(57)37-46-22-7-13-34-58(46)61;2-1(3)4/h2-40H,1H3;/q+1;-1. The van der Waals surface area contributed by atoms with E-state index in [2.05, 4.69) is 243 Å². The van der Waals surface area contributed by atoms with Gasteiger partial charge in [-0.3, -0.25) is 0 Å². The van der Waals surface area contributed by atoms with Crippen LogP contribution in [0.3, 0.4) is 0 Å². The molecular formula is C61H42NO3P. The number of fused-ring (bicyclic) bond motifs is 6. The summed E-state index contributed by atoms with van der Waals surface area (Å²) in [5, 5.41) is 34.0. The Kier molecular flexibility index (Phi) is 10.3. The second kappa shape index (κ2) is 16.8. The summed E-state index contributed by atoms with van der Waals surface area (Å²) in [5.74, 6) is 0. The fraction of sp³-hybridized carbons (Fsp3) is 0.0164. The lowest BCUT2D eigenvalue weighted by atomic mass is 9.92. The van der Waals surface area contributed by atoms with Gasteiger partial charge in [-0.15, -0.1) is 0 Å². The SMILES string of the molecule is C[P+](c1cccc(-c2c3ccccc3cc3ccccc23)c1)(c1cccc(-c2c3ccccc3cc3ccccc23)c1)c1cccc(-c2c3ccccc3cc3ccccc23)c1.O=[N+]([O-])[O-]. The maximum absolute atomic E-state index is 8.25. The predicted molar refractivity (Wildman–Crippen MR) is 283 cm³/mol. The van der Waals surface area contributed by atoms with Crippen molar-refractivity contribution in [1.29, 1.82) is 0 Å². The molecule has 66 heavy (non-hydrogen) atoms. The molecule has 0 fully saturated rings. The van der Waals surface area contributed by atoms with E-state index in [4.69, 9.17) is 15.3 Å². The van der Waals surface area contributed by atoms with Gasteiger partial charge in [-0.05, 0) is 153 Å². The number of benzene rings is 12. The molecule has 12 rings (SSSR count). The minimum Gasteiger partial charge on any atom is -0.356 e. The minimum absolute atomic E-state index is 1.24. The fourth-order valence-electron chi connectivity index (χ4n) is 10.2. The Bertz CT molecular complexity index is 3300. The van der Waals surface area contributed by atoms with E-state index in [1.54, 1.807) is 0 Å². The molecule has 4 nitrogen and oxygen atoms in total. The summed E-state index contributed by atoms with van der Waals surface area (Å²) >= 11 is 0. The van der Waals surface area contributed by atoms with E-state index >= 15 is 0 Å². The molecule has 0 bridgehead atoms. The molecule has 0 aromatic heterocycles. The van der Waals surface area contributed by atoms with Crippen molar-refractivity contribution >= 4 is 87.8 Å². The summed E-state index contributed by atoms with van der Waals surface area (Å²) < 4.78 is 0. The summed E-state index contributed by atoms with van der Waals surface area (Å²) in [6, 6.07) is 88.7. The highest BCUT2D eigenvalue weighted by molar-refractivity contribution is 7.95. The zero-order valence-corrected chi connectivity index (χ0v) is 37.0. The zero-order valence-electron chi connectivity index (χ0n) is 36.1. The maximum Gasteiger partial charge on any atom is 0.109 e. The van der Waals surface area contributed by atoms with Crippen molar-refractivity contribution in [2.24, 2.45) is 0 Å². The van der Waals surface area contributed by atoms with Crippen LogP contribution in [0, 0.1) is 15.3 Å². The van der Waals surface area contributed by atoms with E-state index < -0.39 is 12.3 Å². The summed E-state index contributed by atoms with van der Waals surface area (Å²) in [7, 11) is -2.33. The zero-order chi connectivity index (χ0) is 44.8. The lowest BCUT2D eigenvalue weighted by Crippen LogP contribution is -2.30. The quantitative estimate of drug-likeness (QED) is 0.0724. The molecule has 0 heterocycles. The first-order valence-electron chi connectivity index (χ1n) is 22.1. The van der Waals surface area contributed by atoms with Crippen LogP contribution >= 0.6 is 7.26 Å². The molecule has 0 atom stereocenters. The summed E-state index contributed by atoms with van der Waals surface area (Å²) in [6.07, 6.45) is 0. The molecule has 0 aliphatic heterocycles. The topological polar surface area (TPSA) is 66.2 Å². The van der Waals surface area contributed by atoms with Crippen molar-refractivity contribution in [3.8, 4) is 33.4 Å². The first-order valence-corrected chi connectivity index (χ1v) is 24.3. The first kappa shape index (κ1) is 40.6. The molecular weight excluding hydrogens is 826 g/mol. The van der Waals surface area contributed by atoms with Gasteiger partial charge in [0.25, 0.3) is 0 Å². The van der Waals surface area contributed by atoms with Gasteiger partial charge in [0.2, 0.25) is 0 Å². The van der Waals surface area contributed by atoms with Crippen molar-refractivity contribution in [3.63, 3.8) is 0 Å². The van der Waals surface area contributed by atoms with Crippen LogP contribution in [-0.4, -0.2) is 11.8 Å². The Labute approximate surface area is 383 Å². The second-order valence-corrected chi connectivity index (χ2v) is 20.5. The van der Waals surface area contributed by atoms with Gasteiger partial charge in [-0.1, -0.05) is 182 Å². The van der Waals surface area contributed by atoms with Crippen molar-refractivity contribution in [1.82, 2.24) is 0 Å².